The van der Waals surface area contributed by atoms with Gasteiger partial charge < -0.3 is 10.2 Å². The maximum Gasteiger partial charge on any atom is 0.00676 e. The highest BCUT2D eigenvalue weighted by Gasteiger charge is 2.15. The zero-order valence-corrected chi connectivity index (χ0v) is 12.9. The highest BCUT2D eigenvalue weighted by molar-refractivity contribution is 4.70. The van der Waals surface area contributed by atoms with Gasteiger partial charge in [-0.15, -0.1) is 0 Å². The molecule has 17 heavy (non-hydrogen) atoms. The molecule has 2 nitrogen and oxygen atoms in total. The van der Waals surface area contributed by atoms with E-state index in [1.165, 1.54) is 25.9 Å². The Bertz CT molecular complexity index is 156. The standard InChI is InChI=1S/C15H34N2/c1-7-16-10-8-9-15(6)17(11-13(2)3)12-14(4)5/h13-16H,7-12H2,1-6H3. The van der Waals surface area contributed by atoms with Gasteiger partial charge in [0.05, 0.1) is 0 Å². The predicted molar refractivity (Wildman–Crippen MR) is 78.5 cm³/mol. The molecule has 1 N–H and O–H groups in total. The van der Waals surface area contributed by atoms with Crippen molar-refractivity contribution in [3.8, 4) is 0 Å². The fraction of sp³-hybridized carbons (Fsp3) is 1.00. The number of nitrogens with one attached hydrogen (secondary N) is 1. The van der Waals surface area contributed by atoms with Gasteiger partial charge in [-0.1, -0.05) is 34.6 Å². The molecule has 0 amide bonds. The van der Waals surface area contributed by atoms with Gasteiger partial charge >= 0.3 is 0 Å². The van der Waals surface area contributed by atoms with Crippen LogP contribution in [0.4, 0.5) is 0 Å². The van der Waals surface area contributed by atoms with Gasteiger partial charge in [0.1, 0.15) is 0 Å². The van der Waals surface area contributed by atoms with Gasteiger partial charge in [-0.25, -0.2) is 0 Å². The fourth-order valence-electron chi connectivity index (χ4n) is 2.25. The lowest BCUT2D eigenvalue weighted by Gasteiger charge is -2.32. The molecule has 0 saturated heterocycles. The summed E-state index contributed by atoms with van der Waals surface area (Å²) in [5.41, 5.74) is 0. The number of hydrogen-bond donors (Lipinski definition) is 1. The smallest absolute Gasteiger partial charge is 0.00676 e. The molecule has 0 heterocycles. The second kappa shape index (κ2) is 9.90. The molecule has 0 aliphatic carbocycles. The molecule has 0 radical (unpaired) electrons. The summed E-state index contributed by atoms with van der Waals surface area (Å²) < 4.78 is 0. The van der Waals surface area contributed by atoms with Crippen LogP contribution in [0.5, 0.6) is 0 Å². The number of nitrogens with zero attached hydrogens (tertiary/aromatic N) is 1. The van der Waals surface area contributed by atoms with Crippen molar-refractivity contribution in [2.75, 3.05) is 26.2 Å². The summed E-state index contributed by atoms with van der Waals surface area (Å²) in [6, 6.07) is 0.721. The molecule has 0 aliphatic rings. The molecule has 104 valence electrons. The van der Waals surface area contributed by atoms with E-state index in [1.807, 2.05) is 0 Å². The van der Waals surface area contributed by atoms with Gasteiger partial charge in [0.25, 0.3) is 0 Å². The monoisotopic (exact) mass is 242 g/mol. The third-order valence-electron chi connectivity index (χ3n) is 3.05. The highest BCUT2D eigenvalue weighted by atomic mass is 15.1. The fourth-order valence-corrected chi connectivity index (χ4v) is 2.25. The average molecular weight is 242 g/mol. The zero-order chi connectivity index (χ0) is 13.3. The average Bonchev–Trinajstić information content (AvgIpc) is 2.22. The van der Waals surface area contributed by atoms with Crippen molar-refractivity contribution in [3.05, 3.63) is 0 Å². The molecule has 0 aromatic heterocycles. The summed E-state index contributed by atoms with van der Waals surface area (Å²) in [5.74, 6) is 1.54. The Morgan fingerprint density at radius 2 is 1.47 bits per heavy atom. The van der Waals surface area contributed by atoms with E-state index in [4.69, 9.17) is 0 Å². The summed E-state index contributed by atoms with van der Waals surface area (Å²) in [5, 5.41) is 3.41. The van der Waals surface area contributed by atoms with Gasteiger partial charge in [-0.05, 0) is 44.7 Å². The van der Waals surface area contributed by atoms with Crippen LogP contribution < -0.4 is 5.32 Å². The minimum absolute atomic E-state index is 0.721. The van der Waals surface area contributed by atoms with Crippen LogP contribution in [0.2, 0.25) is 0 Å². The predicted octanol–water partition coefficient (Wildman–Crippen LogP) is 3.38. The largest absolute Gasteiger partial charge is 0.317 e. The van der Waals surface area contributed by atoms with Crippen molar-refractivity contribution in [1.82, 2.24) is 10.2 Å². The molecule has 0 aromatic rings. The first-order chi connectivity index (χ1) is 7.97. The van der Waals surface area contributed by atoms with E-state index in [9.17, 15) is 0 Å². The van der Waals surface area contributed by atoms with Crippen LogP contribution in [0.25, 0.3) is 0 Å². The van der Waals surface area contributed by atoms with Crippen LogP contribution >= 0.6 is 0 Å². The van der Waals surface area contributed by atoms with E-state index < -0.39 is 0 Å². The second-order valence-electron chi connectivity index (χ2n) is 6.09. The normalized spacial score (nSPS) is 13.9. The van der Waals surface area contributed by atoms with E-state index in [0.29, 0.717) is 0 Å². The van der Waals surface area contributed by atoms with Gasteiger partial charge in [0, 0.05) is 19.1 Å². The van der Waals surface area contributed by atoms with Gasteiger partial charge in [-0.2, -0.15) is 0 Å². The molecular weight excluding hydrogens is 208 g/mol. The quantitative estimate of drug-likeness (QED) is 0.591. The zero-order valence-electron chi connectivity index (χ0n) is 12.9. The molecule has 0 aliphatic heterocycles. The maximum absolute atomic E-state index is 3.41. The maximum atomic E-state index is 3.41. The Morgan fingerprint density at radius 3 is 1.88 bits per heavy atom. The van der Waals surface area contributed by atoms with E-state index >= 15 is 0 Å². The van der Waals surface area contributed by atoms with Crippen molar-refractivity contribution in [3.63, 3.8) is 0 Å². The van der Waals surface area contributed by atoms with Crippen molar-refractivity contribution >= 4 is 0 Å². The lowest BCUT2D eigenvalue weighted by Crippen LogP contribution is -2.39. The van der Waals surface area contributed by atoms with Crippen LogP contribution in [0, 0.1) is 11.8 Å². The summed E-state index contributed by atoms with van der Waals surface area (Å²) in [6.45, 7) is 18.6. The summed E-state index contributed by atoms with van der Waals surface area (Å²) in [7, 11) is 0. The van der Waals surface area contributed by atoms with E-state index in [0.717, 1.165) is 31.0 Å². The number of rotatable bonds is 10. The molecule has 0 aromatic carbocycles. The van der Waals surface area contributed by atoms with Crippen LogP contribution in [0.15, 0.2) is 0 Å². The minimum Gasteiger partial charge on any atom is -0.317 e. The SMILES string of the molecule is CCNCCCC(C)N(CC(C)C)CC(C)C. The topological polar surface area (TPSA) is 15.3 Å². The Hall–Kier alpha value is -0.0800. The molecule has 0 saturated carbocycles. The molecule has 1 unspecified atom stereocenters. The molecule has 0 fully saturated rings. The summed E-state index contributed by atoms with van der Waals surface area (Å²) in [4.78, 5) is 2.67. The molecule has 1 atom stereocenters. The molecule has 0 bridgehead atoms. The first-order valence-corrected chi connectivity index (χ1v) is 7.42. The number of hydrogen-bond acceptors (Lipinski definition) is 2. The third-order valence-corrected chi connectivity index (χ3v) is 3.05. The van der Waals surface area contributed by atoms with Crippen molar-refractivity contribution in [2.24, 2.45) is 11.8 Å². The van der Waals surface area contributed by atoms with Crippen LogP contribution in [-0.2, 0) is 0 Å². The van der Waals surface area contributed by atoms with Gasteiger partial charge in [0.15, 0.2) is 0 Å². The Labute approximate surface area is 109 Å². The molecule has 0 rings (SSSR count). The van der Waals surface area contributed by atoms with Crippen molar-refractivity contribution < 1.29 is 0 Å². The molecule has 2 heteroatoms. The third kappa shape index (κ3) is 9.61. The molecule has 0 spiro atoms. The first kappa shape index (κ1) is 16.9. The highest BCUT2D eigenvalue weighted by Crippen LogP contribution is 2.12. The van der Waals surface area contributed by atoms with Crippen LogP contribution in [-0.4, -0.2) is 37.1 Å². The van der Waals surface area contributed by atoms with E-state index in [2.05, 4.69) is 51.8 Å². The Kier molecular flexibility index (Phi) is 9.85. The van der Waals surface area contributed by atoms with Crippen LogP contribution in [0.3, 0.4) is 0 Å². The second-order valence-corrected chi connectivity index (χ2v) is 6.09. The Morgan fingerprint density at radius 1 is 0.941 bits per heavy atom. The first-order valence-electron chi connectivity index (χ1n) is 7.42. The van der Waals surface area contributed by atoms with Gasteiger partial charge in [-0.3, -0.25) is 0 Å². The van der Waals surface area contributed by atoms with E-state index in [1.54, 1.807) is 0 Å². The summed E-state index contributed by atoms with van der Waals surface area (Å²) in [6.07, 6.45) is 2.61. The lowest BCUT2D eigenvalue weighted by atomic mass is 10.1. The summed E-state index contributed by atoms with van der Waals surface area (Å²) >= 11 is 0. The van der Waals surface area contributed by atoms with Crippen LogP contribution in [0.1, 0.15) is 54.4 Å². The minimum atomic E-state index is 0.721. The Balaban J connectivity index is 3.98. The van der Waals surface area contributed by atoms with Gasteiger partial charge in [0.2, 0.25) is 0 Å². The van der Waals surface area contributed by atoms with Crippen molar-refractivity contribution in [2.45, 2.75) is 60.4 Å². The van der Waals surface area contributed by atoms with E-state index in [-0.39, 0.29) is 0 Å². The van der Waals surface area contributed by atoms with Crippen molar-refractivity contribution in [1.29, 1.82) is 0 Å². The molecular formula is C15H34N2. The lowest BCUT2D eigenvalue weighted by molar-refractivity contribution is 0.157.